The van der Waals surface area contributed by atoms with Crippen molar-refractivity contribution in [1.82, 2.24) is 4.90 Å². The molecule has 0 aromatic rings. The fourth-order valence-electron chi connectivity index (χ4n) is 1.82. The molecule has 2 unspecified atom stereocenters. The van der Waals surface area contributed by atoms with Crippen LogP contribution in [0, 0.1) is 5.92 Å². The van der Waals surface area contributed by atoms with Gasteiger partial charge in [-0.05, 0) is 33.1 Å². The van der Waals surface area contributed by atoms with Gasteiger partial charge in [0.15, 0.2) is 0 Å². The quantitative estimate of drug-likeness (QED) is 0.627. The van der Waals surface area contributed by atoms with E-state index >= 15 is 0 Å². The lowest BCUT2D eigenvalue weighted by Gasteiger charge is -2.22. The van der Waals surface area contributed by atoms with Crippen LogP contribution < -0.4 is 0 Å². The third-order valence-electron chi connectivity index (χ3n) is 2.35. The van der Waals surface area contributed by atoms with E-state index in [4.69, 9.17) is 4.74 Å². The highest BCUT2D eigenvalue weighted by Crippen LogP contribution is 2.23. The van der Waals surface area contributed by atoms with Crippen molar-refractivity contribution in [2.24, 2.45) is 5.92 Å². The highest BCUT2D eigenvalue weighted by atomic mass is 16.6. The first-order valence-corrected chi connectivity index (χ1v) is 4.98. The van der Waals surface area contributed by atoms with Gasteiger partial charge in [-0.3, -0.25) is 0 Å². The predicted octanol–water partition coefficient (Wildman–Crippen LogP) is 2.26. The summed E-state index contributed by atoms with van der Waals surface area (Å²) in [4.78, 5) is 13.3. The Balaban J connectivity index is 2.47. The van der Waals surface area contributed by atoms with Gasteiger partial charge < -0.3 is 9.64 Å². The number of carbonyl (C=O) groups is 1. The molecule has 0 aliphatic carbocycles. The van der Waals surface area contributed by atoms with Crippen LogP contribution in [0.15, 0.2) is 0 Å². The lowest BCUT2D eigenvalue weighted by atomic mass is 10.1. The summed E-state index contributed by atoms with van der Waals surface area (Å²) in [7, 11) is 0. The molecule has 0 spiro atoms. The van der Waals surface area contributed by atoms with E-state index in [2.05, 4.69) is 13.8 Å². The lowest BCUT2D eigenvalue weighted by molar-refractivity contribution is 0.0746. The second-order valence-corrected chi connectivity index (χ2v) is 4.27. The molecule has 1 heterocycles. The van der Waals surface area contributed by atoms with Crippen molar-refractivity contribution in [2.45, 2.75) is 46.3 Å². The van der Waals surface area contributed by atoms with Gasteiger partial charge in [0, 0.05) is 12.6 Å². The molecule has 1 fully saturated rings. The van der Waals surface area contributed by atoms with Crippen molar-refractivity contribution >= 4 is 6.09 Å². The molecule has 3 nitrogen and oxygen atoms in total. The maximum atomic E-state index is 11.5. The normalized spacial score (nSPS) is 28.2. The summed E-state index contributed by atoms with van der Waals surface area (Å²) in [6, 6.07) is 0.334. The van der Waals surface area contributed by atoms with Crippen LogP contribution in [0.3, 0.4) is 0 Å². The number of hydrogen-bond donors (Lipinski definition) is 0. The minimum atomic E-state index is -0.160. The van der Waals surface area contributed by atoms with E-state index in [1.807, 2.05) is 18.7 Å². The minimum absolute atomic E-state index is 0.0180. The number of likely N-dealkylation sites (tertiary alicyclic amines) is 1. The first-order chi connectivity index (χ1) is 6.00. The number of carbonyl (C=O) groups excluding carboxylic acids is 1. The van der Waals surface area contributed by atoms with E-state index in [9.17, 15) is 4.79 Å². The van der Waals surface area contributed by atoms with Crippen molar-refractivity contribution in [3.8, 4) is 0 Å². The molecule has 0 saturated carbocycles. The molecule has 1 rings (SSSR count). The molecule has 76 valence electrons. The summed E-state index contributed by atoms with van der Waals surface area (Å²) in [6.45, 7) is 8.83. The van der Waals surface area contributed by atoms with E-state index in [0.29, 0.717) is 12.0 Å². The van der Waals surface area contributed by atoms with E-state index < -0.39 is 0 Å². The van der Waals surface area contributed by atoms with Gasteiger partial charge in [0.2, 0.25) is 0 Å². The summed E-state index contributed by atoms with van der Waals surface area (Å²) < 4.78 is 5.14. The van der Waals surface area contributed by atoms with Gasteiger partial charge in [-0.2, -0.15) is 0 Å². The summed E-state index contributed by atoms with van der Waals surface area (Å²) >= 11 is 0. The number of rotatable bonds is 1. The van der Waals surface area contributed by atoms with Crippen molar-refractivity contribution in [1.29, 1.82) is 0 Å². The largest absolute Gasteiger partial charge is 0.447 e. The predicted molar refractivity (Wildman–Crippen MR) is 51.6 cm³/mol. The Hall–Kier alpha value is -0.730. The van der Waals surface area contributed by atoms with Crippen molar-refractivity contribution in [3.05, 3.63) is 0 Å². The Morgan fingerprint density at radius 1 is 1.46 bits per heavy atom. The summed E-state index contributed by atoms with van der Waals surface area (Å²) in [6.07, 6.45) is 0.912. The molecule has 0 aromatic carbocycles. The van der Waals surface area contributed by atoms with Gasteiger partial charge in [0.05, 0.1) is 6.10 Å². The molecular weight excluding hydrogens is 166 g/mol. The molecule has 0 bridgehead atoms. The second kappa shape index (κ2) is 3.99. The van der Waals surface area contributed by atoms with E-state index in [-0.39, 0.29) is 12.2 Å². The van der Waals surface area contributed by atoms with Gasteiger partial charge in [0.25, 0.3) is 0 Å². The maximum absolute atomic E-state index is 11.5. The zero-order valence-corrected chi connectivity index (χ0v) is 8.91. The molecule has 3 heteroatoms. The Morgan fingerprint density at radius 3 is 2.46 bits per heavy atom. The molecule has 0 radical (unpaired) electrons. The molecule has 1 saturated heterocycles. The summed E-state index contributed by atoms with van der Waals surface area (Å²) in [5, 5.41) is 0. The van der Waals surface area contributed by atoms with Crippen LogP contribution in [0.25, 0.3) is 0 Å². The van der Waals surface area contributed by atoms with Gasteiger partial charge in [-0.15, -0.1) is 0 Å². The Labute approximate surface area is 80.1 Å². The van der Waals surface area contributed by atoms with Crippen molar-refractivity contribution in [2.75, 3.05) is 6.54 Å². The lowest BCUT2D eigenvalue weighted by Crippen LogP contribution is -2.35. The SMILES string of the molecule is CC1CC(C)N(C(=O)OC(C)C)C1. The van der Waals surface area contributed by atoms with Gasteiger partial charge in [-0.1, -0.05) is 6.92 Å². The Kier molecular flexibility index (Phi) is 3.17. The number of amides is 1. The Morgan fingerprint density at radius 2 is 2.08 bits per heavy atom. The average Bonchev–Trinajstić information content (AvgIpc) is 2.28. The van der Waals surface area contributed by atoms with Crippen LogP contribution in [0.4, 0.5) is 4.79 Å². The third-order valence-corrected chi connectivity index (χ3v) is 2.35. The topological polar surface area (TPSA) is 29.5 Å². The monoisotopic (exact) mass is 185 g/mol. The third kappa shape index (κ3) is 2.61. The van der Waals surface area contributed by atoms with E-state index in [1.54, 1.807) is 0 Å². The van der Waals surface area contributed by atoms with E-state index in [1.165, 1.54) is 0 Å². The number of ether oxygens (including phenoxy) is 1. The number of hydrogen-bond acceptors (Lipinski definition) is 2. The zero-order valence-electron chi connectivity index (χ0n) is 8.91. The first kappa shape index (κ1) is 10.4. The van der Waals surface area contributed by atoms with Crippen LogP contribution in [0.2, 0.25) is 0 Å². The molecular formula is C10H19NO2. The van der Waals surface area contributed by atoms with Crippen LogP contribution in [0.5, 0.6) is 0 Å². The van der Waals surface area contributed by atoms with Crippen LogP contribution in [-0.2, 0) is 4.74 Å². The molecule has 13 heavy (non-hydrogen) atoms. The minimum Gasteiger partial charge on any atom is -0.447 e. The highest BCUT2D eigenvalue weighted by Gasteiger charge is 2.31. The summed E-state index contributed by atoms with van der Waals surface area (Å²) in [5.41, 5.74) is 0. The zero-order chi connectivity index (χ0) is 10.0. The standard InChI is InChI=1S/C10H19NO2/c1-7(2)13-10(12)11-6-8(3)5-9(11)4/h7-9H,5-6H2,1-4H3. The smallest absolute Gasteiger partial charge is 0.410 e. The van der Waals surface area contributed by atoms with Crippen LogP contribution in [0.1, 0.15) is 34.1 Å². The molecule has 1 amide bonds. The number of nitrogens with zero attached hydrogens (tertiary/aromatic N) is 1. The van der Waals surface area contributed by atoms with Gasteiger partial charge >= 0.3 is 6.09 Å². The van der Waals surface area contributed by atoms with Gasteiger partial charge in [0.1, 0.15) is 0 Å². The van der Waals surface area contributed by atoms with Crippen LogP contribution in [-0.4, -0.2) is 29.7 Å². The van der Waals surface area contributed by atoms with E-state index in [0.717, 1.165) is 13.0 Å². The molecule has 2 atom stereocenters. The van der Waals surface area contributed by atoms with Crippen molar-refractivity contribution in [3.63, 3.8) is 0 Å². The second-order valence-electron chi connectivity index (χ2n) is 4.27. The molecule has 0 N–H and O–H groups in total. The average molecular weight is 185 g/mol. The van der Waals surface area contributed by atoms with Crippen LogP contribution >= 0.6 is 0 Å². The van der Waals surface area contributed by atoms with Crippen molar-refractivity contribution < 1.29 is 9.53 Å². The molecule has 1 aliphatic rings. The first-order valence-electron chi connectivity index (χ1n) is 4.98. The summed E-state index contributed by atoms with van der Waals surface area (Å²) in [5.74, 6) is 0.606. The molecule has 0 aromatic heterocycles. The Bertz CT molecular complexity index is 191. The fourth-order valence-corrected chi connectivity index (χ4v) is 1.82. The maximum Gasteiger partial charge on any atom is 0.410 e. The fraction of sp³-hybridized carbons (Fsp3) is 0.900. The van der Waals surface area contributed by atoms with Gasteiger partial charge in [-0.25, -0.2) is 4.79 Å². The molecule has 1 aliphatic heterocycles. The highest BCUT2D eigenvalue weighted by molar-refractivity contribution is 5.68.